The normalized spacial score (nSPS) is 11.2. The van der Waals surface area contributed by atoms with Crippen LogP contribution in [-0.2, 0) is 20.3 Å². The Morgan fingerprint density at radius 2 is 1.78 bits per heavy atom. The van der Waals surface area contributed by atoms with Gasteiger partial charge in [-0.3, -0.25) is 4.79 Å². The Morgan fingerprint density at radius 3 is 2.59 bits per heavy atom. The maximum absolute atomic E-state index is 12.6. The van der Waals surface area contributed by atoms with E-state index in [1.54, 1.807) is 25.2 Å². The third kappa shape index (κ3) is 3.07. The second-order valence-corrected chi connectivity index (χ2v) is 6.85. The Morgan fingerprint density at radius 1 is 1.00 bits per heavy atom. The molecule has 0 spiro atoms. The molecule has 0 unspecified atom stereocenters. The van der Waals surface area contributed by atoms with E-state index in [1.807, 2.05) is 24.3 Å². The lowest BCUT2D eigenvalue weighted by atomic mass is 10.1. The van der Waals surface area contributed by atoms with Crippen LogP contribution in [0.1, 0.15) is 11.3 Å². The first-order valence-corrected chi connectivity index (χ1v) is 8.99. The maximum Gasteiger partial charge on any atom is 0.258 e. The smallest absolute Gasteiger partial charge is 0.258 e. The van der Waals surface area contributed by atoms with Gasteiger partial charge in [-0.15, -0.1) is 0 Å². The van der Waals surface area contributed by atoms with Gasteiger partial charge in [-0.25, -0.2) is 0 Å². The van der Waals surface area contributed by atoms with Crippen molar-refractivity contribution in [2.24, 2.45) is 7.05 Å². The second-order valence-electron chi connectivity index (χ2n) is 6.41. The van der Waals surface area contributed by atoms with E-state index in [9.17, 15) is 9.90 Å². The third-order valence-corrected chi connectivity index (χ3v) is 5.07. The molecule has 1 aromatic heterocycles. The molecule has 0 radical (unpaired) electrons. The van der Waals surface area contributed by atoms with Crippen LogP contribution in [0.2, 0.25) is 5.02 Å². The molecule has 1 heterocycles. The zero-order valence-corrected chi connectivity index (χ0v) is 15.5. The summed E-state index contributed by atoms with van der Waals surface area (Å²) in [6.07, 6.45) is 0. The van der Waals surface area contributed by atoms with Gasteiger partial charge in [-0.2, -0.15) is 0 Å². The van der Waals surface area contributed by atoms with Gasteiger partial charge in [-0.05, 0) is 34.5 Å². The minimum absolute atomic E-state index is 0.191. The van der Waals surface area contributed by atoms with E-state index in [-0.39, 0.29) is 12.2 Å². The number of hydrogen-bond acceptors (Lipinski definition) is 3. The van der Waals surface area contributed by atoms with E-state index in [2.05, 4.69) is 18.2 Å². The zero-order valence-electron chi connectivity index (χ0n) is 14.8. The molecule has 0 aliphatic heterocycles. The third-order valence-electron chi connectivity index (χ3n) is 4.83. The van der Waals surface area contributed by atoms with Gasteiger partial charge in [0.25, 0.3) is 5.56 Å². The fourth-order valence-corrected chi connectivity index (χ4v) is 3.58. The summed E-state index contributed by atoms with van der Waals surface area (Å²) in [5, 5.41) is 13.7. The standard InChI is InChI=1S/C22H18ClNO3/c1-24-20(12-25)21(19-11-16(23)9-10-18(19)22(24)26)27-13-15-7-4-6-14-5-2-3-8-17(14)15/h2-11,25H,12-13H2,1H3. The Labute approximate surface area is 161 Å². The first-order chi connectivity index (χ1) is 13.1. The summed E-state index contributed by atoms with van der Waals surface area (Å²) in [6, 6.07) is 19.2. The van der Waals surface area contributed by atoms with E-state index < -0.39 is 0 Å². The van der Waals surface area contributed by atoms with Crippen molar-refractivity contribution >= 4 is 33.1 Å². The molecular weight excluding hydrogens is 362 g/mol. The highest BCUT2D eigenvalue weighted by molar-refractivity contribution is 6.31. The molecule has 0 aliphatic rings. The average molecular weight is 380 g/mol. The van der Waals surface area contributed by atoms with Crippen molar-refractivity contribution in [2.75, 3.05) is 0 Å². The molecule has 0 bridgehead atoms. The zero-order chi connectivity index (χ0) is 19.0. The summed E-state index contributed by atoms with van der Waals surface area (Å²) in [6.45, 7) is 0.00718. The quantitative estimate of drug-likeness (QED) is 0.571. The summed E-state index contributed by atoms with van der Waals surface area (Å²) in [7, 11) is 1.63. The van der Waals surface area contributed by atoms with Gasteiger partial charge in [-0.1, -0.05) is 54.1 Å². The van der Waals surface area contributed by atoms with Crippen LogP contribution >= 0.6 is 11.6 Å². The van der Waals surface area contributed by atoms with Gasteiger partial charge in [0, 0.05) is 17.5 Å². The monoisotopic (exact) mass is 379 g/mol. The molecule has 4 rings (SSSR count). The molecule has 5 heteroatoms. The number of fused-ring (bicyclic) bond motifs is 2. The second kappa shape index (κ2) is 7.06. The number of rotatable bonds is 4. The summed E-state index contributed by atoms with van der Waals surface area (Å²) in [5.41, 5.74) is 1.26. The Hall–Kier alpha value is -2.82. The molecule has 0 fully saturated rings. The number of ether oxygens (including phenoxy) is 1. The van der Waals surface area contributed by atoms with Crippen molar-refractivity contribution in [1.29, 1.82) is 0 Å². The molecule has 0 atom stereocenters. The summed E-state index contributed by atoms with van der Waals surface area (Å²) in [5.74, 6) is 0.477. The summed E-state index contributed by atoms with van der Waals surface area (Å²) in [4.78, 5) is 12.6. The fourth-order valence-electron chi connectivity index (χ4n) is 3.41. The largest absolute Gasteiger partial charge is 0.486 e. The van der Waals surface area contributed by atoms with Crippen LogP contribution in [0.15, 0.2) is 65.5 Å². The van der Waals surface area contributed by atoms with E-state index in [0.717, 1.165) is 16.3 Å². The minimum Gasteiger partial charge on any atom is -0.486 e. The molecule has 1 N–H and O–H groups in total. The molecular formula is C22H18ClNO3. The lowest BCUT2D eigenvalue weighted by Gasteiger charge is -2.17. The van der Waals surface area contributed by atoms with Crippen molar-refractivity contribution in [3.63, 3.8) is 0 Å². The fraction of sp³-hybridized carbons (Fsp3) is 0.136. The van der Waals surface area contributed by atoms with Crippen LogP contribution in [0.4, 0.5) is 0 Å². The number of aromatic nitrogens is 1. The molecule has 3 aromatic carbocycles. The Balaban J connectivity index is 1.85. The topological polar surface area (TPSA) is 51.5 Å². The lowest BCUT2D eigenvalue weighted by molar-refractivity contribution is 0.249. The molecule has 4 aromatic rings. The molecule has 4 nitrogen and oxygen atoms in total. The number of benzene rings is 3. The van der Waals surface area contributed by atoms with Crippen molar-refractivity contribution in [3.8, 4) is 5.75 Å². The maximum atomic E-state index is 12.6. The summed E-state index contributed by atoms with van der Waals surface area (Å²) < 4.78 is 7.57. The first-order valence-electron chi connectivity index (χ1n) is 8.61. The molecule has 136 valence electrons. The highest BCUT2D eigenvalue weighted by Crippen LogP contribution is 2.31. The van der Waals surface area contributed by atoms with Crippen LogP contribution < -0.4 is 10.3 Å². The van der Waals surface area contributed by atoms with Crippen LogP contribution in [0.3, 0.4) is 0 Å². The predicted octanol–water partition coefficient (Wildman–Crippen LogP) is 4.42. The first kappa shape index (κ1) is 17.6. The van der Waals surface area contributed by atoms with E-state index in [4.69, 9.17) is 16.3 Å². The van der Waals surface area contributed by atoms with Gasteiger partial charge in [0.1, 0.15) is 12.4 Å². The summed E-state index contributed by atoms with van der Waals surface area (Å²) >= 11 is 6.15. The number of hydrogen-bond donors (Lipinski definition) is 1. The number of nitrogens with zero attached hydrogens (tertiary/aromatic N) is 1. The number of aliphatic hydroxyl groups excluding tert-OH is 1. The van der Waals surface area contributed by atoms with Crippen molar-refractivity contribution in [2.45, 2.75) is 13.2 Å². The van der Waals surface area contributed by atoms with Crippen LogP contribution in [0.5, 0.6) is 5.75 Å². The predicted molar refractivity (Wildman–Crippen MR) is 108 cm³/mol. The van der Waals surface area contributed by atoms with E-state index in [1.165, 1.54) is 4.57 Å². The average Bonchev–Trinajstić information content (AvgIpc) is 2.69. The van der Waals surface area contributed by atoms with Crippen LogP contribution in [0, 0.1) is 0 Å². The van der Waals surface area contributed by atoms with Crippen LogP contribution in [-0.4, -0.2) is 9.67 Å². The van der Waals surface area contributed by atoms with Crippen molar-refractivity contribution in [1.82, 2.24) is 4.57 Å². The highest BCUT2D eigenvalue weighted by Gasteiger charge is 2.16. The van der Waals surface area contributed by atoms with Crippen LogP contribution in [0.25, 0.3) is 21.5 Å². The van der Waals surface area contributed by atoms with Gasteiger partial charge < -0.3 is 14.4 Å². The molecule has 0 aliphatic carbocycles. The van der Waals surface area contributed by atoms with E-state index in [0.29, 0.717) is 33.8 Å². The highest BCUT2D eigenvalue weighted by atomic mass is 35.5. The van der Waals surface area contributed by atoms with Gasteiger partial charge in [0.2, 0.25) is 0 Å². The number of halogens is 1. The molecule has 0 saturated carbocycles. The van der Waals surface area contributed by atoms with Crippen molar-refractivity contribution in [3.05, 3.63) is 87.3 Å². The lowest BCUT2D eigenvalue weighted by Crippen LogP contribution is -2.22. The molecule has 0 saturated heterocycles. The van der Waals surface area contributed by atoms with E-state index >= 15 is 0 Å². The molecule has 0 amide bonds. The van der Waals surface area contributed by atoms with Gasteiger partial charge in [0.15, 0.2) is 0 Å². The van der Waals surface area contributed by atoms with Crippen molar-refractivity contribution < 1.29 is 9.84 Å². The Kier molecular flexibility index (Phi) is 4.60. The minimum atomic E-state index is -0.306. The van der Waals surface area contributed by atoms with Gasteiger partial charge in [0.05, 0.1) is 17.7 Å². The molecule has 27 heavy (non-hydrogen) atoms. The SMILES string of the molecule is Cn1c(CO)c(OCc2cccc3ccccc23)c2cc(Cl)ccc2c1=O. The van der Waals surface area contributed by atoms with Gasteiger partial charge >= 0.3 is 0 Å². The number of aliphatic hydroxyl groups is 1. The number of pyridine rings is 1. The Bertz CT molecular complexity index is 1210.